The third-order valence-corrected chi connectivity index (χ3v) is 7.86. The number of benzene rings is 3. The highest BCUT2D eigenvalue weighted by Gasteiger charge is 2.24. The van der Waals surface area contributed by atoms with Crippen molar-refractivity contribution in [1.29, 1.82) is 0 Å². The van der Waals surface area contributed by atoms with Gasteiger partial charge in [-0.1, -0.05) is 83.6 Å². The van der Waals surface area contributed by atoms with Crippen molar-refractivity contribution in [3.05, 3.63) is 106 Å². The van der Waals surface area contributed by atoms with Gasteiger partial charge in [0.1, 0.15) is 5.01 Å². The minimum absolute atomic E-state index is 0.117. The van der Waals surface area contributed by atoms with Crippen molar-refractivity contribution in [2.75, 3.05) is 11.1 Å². The molecule has 0 atom stereocenters. The van der Waals surface area contributed by atoms with E-state index in [1.165, 1.54) is 23.5 Å². The molecule has 0 aliphatic rings. The van der Waals surface area contributed by atoms with Gasteiger partial charge in [0.25, 0.3) is 0 Å². The second-order valence-electron chi connectivity index (χ2n) is 7.27. The number of nitrogens with one attached hydrogen (secondary N) is 1. The number of carbonyl (C=O) groups excluding carboxylic acids is 1. The highest BCUT2D eigenvalue weighted by atomic mass is 35.5. The van der Waals surface area contributed by atoms with Gasteiger partial charge < -0.3 is 0 Å². The molecule has 0 saturated carbocycles. The number of amides is 1. The first-order chi connectivity index (χ1) is 15.9. The fourth-order valence-electron chi connectivity index (χ4n) is 3.35. The highest BCUT2D eigenvalue weighted by molar-refractivity contribution is 7.91. The standard InChI is InChI=1S/C24H20ClN3O3S2/c25-19-11-13-20(14-12-19)33(30,31)16-15-21-27-28-24(32-21)26-23(29)22(17-7-3-1-4-8-17)18-9-5-2-6-10-18/h1-14,22H,15-16H2,(H,26,28,29). The van der Waals surface area contributed by atoms with E-state index in [9.17, 15) is 13.2 Å². The lowest BCUT2D eigenvalue weighted by Gasteiger charge is -2.16. The predicted molar refractivity (Wildman–Crippen MR) is 130 cm³/mol. The first kappa shape index (κ1) is 23.1. The van der Waals surface area contributed by atoms with Gasteiger partial charge in [-0.05, 0) is 35.4 Å². The number of anilines is 1. The maximum atomic E-state index is 13.2. The van der Waals surface area contributed by atoms with Crippen molar-refractivity contribution >= 4 is 43.8 Å². The molecule has 9 heteroatoms. The normalized spacial score (nSPS) is 11.5. The van der Waals surface area contributed by atoms with Gasteiger partial charge in [0.2, 0.25) is 11.0 Å². The third kappa shape index (κ3) is 5.84. The SMILES string of the molecule is O=C(Nc1nnc(CCS(=O)(=O)c2ccc(Cl)cc2)s1)C(c1ccccc1)c1ccccc1. The van der Waals surface area contributed by atoms with E-state index in [0.29, 0.717) is 15.2 Å². The molecule has 1 amide bonds. The third-order valence-electron chi connectivity index (χ3n) is 4.98. The summed E-state index contributed by atoms with van der Waals surface area (Å²) in [5.41, 5.74) is 1.72. The Bertz CT molecular complexity index is 1290. The molecule has 0 saturated heterocycles. The Balaban J connectivity index is 1.46. The Morgan fingerprint density at radius 2 is 1.45 bits per heavy atom. The number of nitrogens with zero attached hydrogens (tertiary/aromatic N) is 2. The molecule has 168 valence electrons. The van der Waals surface area contributed by atoms with Gasteiger partial charge in [-0.15, -0.1) is 10.2 Å². The van der Waals surface area contributed by atoms with Crippen molar-refractivity contribution in [3.8, 4) is 0 Å². The van der Waals surface area contributed by atoms with Crippen LogP contribution in [0.5, 0.6) is 0 Å². The van der Waals surface area contributed by atoms with Crippen LogP contribution in [-0.4, -0.2) is 30.3 Å². The quantitative estimate of drug-likeness (QED) is 0.371. The summed E-state index contributed by atoms with van der Waals surface area (Å²) in [7, 11) is -3.48. The van der Waals surface area contributed by atoms with Crippen LogP contribution in [0.2, 0.25) is 5.02 Å². The number of hydrogen-bond donors (Lipinski definition) is 1. The molecule has 0 aliphatic heterocycles. The number of aryl methyl sites for hydroxylation is 1. The molecule has 0 aliphatic carbocycles. The van der Waals surface area contributed by atoms with E-state index < -0.39 is 15.8 Å². The number of halogens is 1. The second-order valence-corrected chi connectivity index (χ2v) is 10.9. The van der Waals surface area contributed by atoms with Gasteiger partial charge in [-0.2, -0.15) is 0 Å². The van der Waals surface area contributed by atoms with Crippen LogP contribution in [0.1, 0.15) is 22.1 Å². The lowest BCUT2D eigenvalue weighted by atomic mass is 9.90. The van der Waals surface area contributed by atoms with E-state index in [2.05, 4.69) is 15.5 Å². The number of carbonyl (C=O) groups is 1. The van der Waals surface area contributed by atoms with Crippen LogP contribution in [0.15, 0.2) is 89.8 Å². The van der Waals surface area contributed by atoms with Crippen LogP contribution < -0.4 is 5.32 Å². The van der Waals surface area contributed by atoms with E-state index in [-0.39, 0.29) is 23.0 Å². The van der Waals surface area contributed by atoms with Gasteiger partial charge >= 0.3 is 0 Å². The molecular weight excluding hydrogens is 478 g/mol. The molecule has 0 radical (unpaired) electrons. The predicted octanol–water partition coefficient (Wildman–Crippen LogP) is 4.98. The summed E-state index contributed by atoms with van der Waals surface area (Å²) in [6, 6.07) is 25.1. The fraction of sp³-hybridized carbons (Fsp3) is 0.125. The minimum Gasteiger partial charge on any atom is -0.300 e. The molecule has 6 nitrogen and oxygen atoms in total. The molecule has 0 spiro atoms. The zero-order valence-electron chi connectivity index (χ0n) is 17.4. The first-order valence-electron chi connectivity index (χ1n) is 10.1. The second kappa shape index (κ2) is 10.2. The van der Waals surface area contributed by atoms with Crippen molar-refractivity contribution in [1.82, 2.24) is 10.2 Å². The van der Waals surface area contributed by atoms with Crippen molar-refractivity contribution in [2.45, 2.75) is 17.2 Å². The molecular formula is C24H20ClN3O3S2. The smallest absolute Gasteiger partial charge is 0.238 e. The molecule has 1 aromatic heterocycles. The molecule has 0 fully saturated rings. The average molecular weight is 498 g/mol. The molecule has 1 heterocycles. The molecule has 1 N–H and O–H groups in total. The van der Waals surface area contributed by atoms with Crippen LogP contribution in [0.25, 0.3) is 0 Å². The van der Waals surface area contributed by atoms with Gasteiger partial charge in [-0.3, -0.25) is 10.1 Å². The van der Waals surface area contributed by atoms with Gasteiger partial charge in [0.15, 0.2) is 9.84 Å². The maximum absolute atomic E-state index is 13.2. The zero-order valence-corrected chi connectivity index (χ0v) is 19.8. The summed E-state index contributed by atoms with van der Waals surface area (Å²) >= 11 is 7.00. The average Bonchev–Trinajstić information content (AvgIpc) is 3.27. The Labute approximate surface area is 201 Å². The highest BCUT2D eigenvalue weighted by Crippen LogP contribution is 2.27. The molecule has 33 heavy (non-hydrogen) atoms. The molecule has 0 unspecified atom stereocenters. The van der Waals surface area contributed by atoms with Crippen molar-refractivity contribution in [2.24, 2.45) is 0 Å². The van der Waals surface area contributed by atoms with Crippen LogP contribution >= 0.6 is 22.9 Å². The monoisotopic (exact) mass is 497 g/mol. The van der Waals surface area contributed by atoms with E-state index in [1.807, 2.05) is 60.7 Å². The largest absolute Gasteiger partial charge is 0.300 e. The number of hydrogen-bond acceptors (Lipinski definition) is 6. The van der Waals surface area contributed by atoms with Crippen molar-refractivity contribution < 1.29 is 13.2 Å². The van der Waals surface area contributed by atoms with Crippen LogP contribution in [0.3, 0.4) is 0 Å². The van der Waals surface area contributed by atoms with Gasteiger partial charge in [0.05, 0.1) is 16.6 Å². The van der Waals surface area contributed by atoms with Crippen LogP contribution in [0.4, 0.5) is 5.13 Å². The lowest BCUT2D eigenvalue weighted by Crippen LogP contribution is -2.22. The van der Waals surface area contributed by atoms with Crippen LogP contribution in [-0.2, 0) is 21.1 Å². The number of sulfone groups is 1. The zero-order chi connectivity index (χ0) is 23.3. The molecule has 3 aromatic carbocycles. The summed E-state index contributed by atoms with van der Waals surface area (Å²) in [6.07, 6.45) is 0.194. The Kier molecular flexibility index (Phi) is 7.17. The molecule has 4 aromatic rings. The van der Waals surface area contributed by atoms with E-state index in [1.54, 1.807) is 12.1 Å². The van der Waals surface area contributed by atoms with E-state index in [4.69, 9.17) is 11.6 Å². The van der Waals surface area contributed by atoms with E-state index in [0.717, 1.165) is 11.1 Å². The summed E-state index contributed by atoms with van der Waals surface area (Å²) in [4.78, 5) is 13.4. The van der Waals surface area contributed by atoms with Gasteiger partial charge in [0, 0.05) is 11.4 Å². The summed E-state index contributed by atoms with van der Waals surface area (Å²) in [6.45, 7) is 0. The number of rotatable bonds is 8. The number of aromatic nitrogens is 2. The van der Waals surface area contributed by atoms with Crippen LogP contribution in [0, 0.1) is 0 Å². The molecule has 0 bridgehead atoms. The Hall–Kier alpha value is -3.07. The molecule has 4 rings (SSSR count). The summed E-state index contributed by atoms with van der Waals surface area (Å²) < 4.78 is 25.1. The first-order valence-corrected chi connectivity index (χ1v) is 13.0. The van der Waals surface area contributed by atoms with Gasteiger partial charge in [-0.25, -0.2) is 8.42 Å². The topological polar surface area (TPSA) is 89.0 Å². The summed E-state index contributed by atoms with van der Waals surface area (Å²) in [5, 5.41) is 12.3. The Morgan fingerprint density at radius 3 is 2.03 bits per heavy atom. The van der Waals surface area contributed by atoms with E-state index >= 15 is 0 Å². The minimum atomic E-state index is -3.48. The van der Waals surface area contributed by atoms with Crippen molar-refractivity contribution in [3.63, 3.8) is 0 Å². The fourth-order valence-corrected chi connectivity index (χ4v) is 5.60. The maximum Gasteiger partial charge on any atom is 0.238 e. The Morgan fingerprint density at radius 1 is 0.879 bits per heavy atom. The lowest BCUT2D eigenvalue weighted by molar-refractivity contribution is -0.116. The summed E-state index contributed by atoms with van der Waals surface area (Å²) in [5.74, 6) is -0.859.